The van der Waals surface area contributed by atoms with Crippen molar-refractivity contribution in [3.8, 4) is 5.75 Å². The molecule has 0 aliphatic heterocycles. The van der Waals surface area contributed by atoms with Gasteiger partial charge in [0.1, 0.15) is 11.3 Å². The predicted octanol–water partition coefficient (Wildman–Crippen LogP) is 4.33. The van der Waals surface area contributed by atoms with Crippen LogP contribution in [0, 0.1) is 0 Å². The Bertz CT molecular complexity index is 928. The molecule has 0 radical (unpaired) electrons. The number of pyridine rings is 1. The average molecular weight is 372 g/mol. The summed E-state index contributed by atoms with van der Waals surface area (Å²) in [6, 6.07) is 13.8. The zero-order valence-electron chi connectivity index (χ0n) is 15.0. The molecule has 1 heterocycles. The fourth-order valence-corrected chi connectivity index (χ4v) is 2.89. The minimum Gasteiger partial charge on any atom is -0.494 e. The first-order chi connectivity index (χ1) is 12.2. The van der Waals surface area contributed by atoms with Crippen molar-refractivity contribution in [2.75, 3.05) is 19.5 Å². The van der Waals surface area contributed by atoms with Crippen LogP contribution in [-0.2, 0) is 6.42 Å². The molecule has 0 spiro atoms. The monoisotopic (exact) mass is 371 g/mol. The van der Waals surface area contributed by atoms with E-state index in [0.717, 1.165) is 23.2 Å². The van der Waals surface area contributed by atoms with Crippen molar-refractivity contribution >= 4 is 40.6 Å². The number of aromatic nitrogens is 1. The van der Waals surface area contributed by atoms with Gasteiger partial charge in [0, 0.05) is 24.3 Å². The summed E-state index contributed by atoms with van der Waals surface area (Å²) in [4.78, 5) is 16.8. The molecule has 0 aliphatic rings. The van der Waals surface area contributed by atoms with E-state index in [1.165, 1.54) is 5.56 Å². The quantitative estimate of drug-likeness (QED) is 0.700. The molecule has 3 aromatic rings. The van der Waals surface area contributed by atoms with Gasteiger partial charge in [-0.1, -0.05) is 37.3 Å². The molecule has 0 saturated carbocycles. The average Bonchev–Trinajstić information content (AvgIpc) is 2.67. The lowest BCUT2D eigenvalue weighted by Crippen LogP contribution is -2.19. The van der Waals surface area contributed by atoms with Crippen LogP contribution < -0.4 is 15.4 Å². The van der Waals surface area contributed by atoms with E-state index in [2.05, 4.69) is 28.6 Å². The zero-order valence-corrected chi connectivity index (χ0v) is 15.8. The Hall–Kier alpha value is -2.79. The number of fused-ring (bicyclic) bond motifs is 1. The lowest BCUT2D eigenvalue weighted by molar-refractivity contribution is 0.0963. The number of amides is 1. The van der Waals surface area contributed by atoms with Crippen LogP contribution in [0.15, 0.2) is 48.7 Å². The third-order valence-electron chi connectivity index (χ3n) is 4.21. The number of aryl methyl sites for hydroxylation is 1. The van der Waals surface area contributed by atoms with Crippen LogP contribution in [-0.4, -0.2) is 25.0 Å². The van der Waals surface area contributed by atoms with Gasteiger partial charge in [-0.2, -0.15) is 0 Å². The highest BCUT2D eigenvalue weighted by atomic mass is 35.5. The number of carbonyl (C=O) groups is 1. The Morgan fingerprint density at radius 1 is 1.15 bits per heavy atom. The van der Waals surface area contributed by atoms with Crippen molar-refractivity contribution in [2.45, 2.75) is 13.3 Å². The van der Waals surface area contributed by atoms with Crippen molar-refractivity contribution in [3.05, 3.63) is 59.8 Å². The first-order valence-electron chi connectivity index (χ1n) is 8.22. The maximum atomic E-state index is 12.4. The summed E-state index contributed by atoms with van der Waals surface area (Å²) in [5, 5.41) is 6.96. The molecule has 26 heavy (non-hydrogen) atoms. The molecule has 1 aromatic heterocycles. The smallest absolute Gasteiger partial charge is 0.254 e. The molecular formula is C20H22ClN3O2. The SMILES string of the molecule is CCc1ccccc1Nc1c(C(=O)NC)cnc2c(OC)cccc12.Cl. The normalized spacial score (nSPS) is 10.1. The Labute approximate surface area is 159 Å². The van der Waals surface area contributed by atoms with Crippen LogP contribution in [0.3, 0.4) is 0 Å². The first kappa shape index (κ1) is 19.5. The second-order valence-corrected chi connectivity index (χ2v) is 5.62. The highest BCUT2D eigenvalue weighted by molar-refractivity contribution is 6.09. The van der Waals surface area contributed by atoms with Gasteiger partial charge in [-0.05, 0) is 24.1 Å². The highest BCUT2D eigenvalue weighted by Crippen LogP contribution is 2.34. The van der Waals surface area contributed by atoms with Gasteiger partial charge in [-0.3, -0.25) is 9.78 Å². The summed E-state index contributed by atoms with van der Waals surface area (Å²) < 4.78 is 5.41. The van der Waals surface area contributed by atoms with E-state index in [4.69, 9.17) is 4.74 Å². The fourth-order valence-electron chi connectivity index (χ4n) is 2.89. The number of nitrogens with one attached hydrogen (secondary N) is 2. The number of hydrogen-bond donors (Lipinski definition) is 2. The largest absolute Gasteiger partial charge is 0.494 e. The minimum absolute atomic E-state index is 0. The molecule has 0 saturated heterocycles. The molecule has 6 heteroatoms. The maximum absolute atomic E-state index is 12.4. The molecule has 2 N–H and O–H groups in total. The summed E-state index contributed by atoms with van der Waals surface area (Å²) >= 11 is 0. The fraction of sp³-hybridized carbons (Fsp3) is 0.200. The Morgan fingerprint density at radius 2 is 1.92 bits per heavy atom. The van der Waals surface area contributed by atoms with E-state index in [-0.39, 0.29) is 18.3 Å². The number of ether oxygens (including phenoxy) is 1. The van der Waals surface area contributed by atoms with Crippen LogP contribution in [0.1, 0.15) is 22.8 Å². The topological polar surface area (TPSA) is 63.2 Å². The minimum atomic E-state index is -0.186. The van der Waals surface area contributed by atoms with Gasteiger partial charge < -0.3 is 15.4 Å². The molecule has 0 fully saturated rings. The van der Waals surface area contributed by atoms with Crippen LogP contribution in [0.25, 0.3) is 10.9 Å². The molecule has 5 nitrogen and oxygen atoms in total. The number of nitrogens with zero attached hydrogens (tertiary/aromatic N) is 1. The second-order valence-electron chi connectivity index (χ2n) is 5.62. The van der Waals surface area contributed by atoms with Crippen LogP contribution in [0.2, 0.25) is 0 Å². The number of halogens is 1. The summed E-state index contributed by atoms with van der Waals surface area (Å²) in [5.41, 5.74) is 4.09. The molecule has 3 rings (SSSR count). The maximum Gasteiger partial charge on any atom is 0.254 e. The third-order valence-corrected chi connectivity index (χ3v) is 4.21. The predicted molar refractivity (Wildman–Crippen MR) is 108 cm³/mol. The molecule has 0 bridgehead atoms. The Morgan fingerprint density at radius 3 is 2.62 bits per heavy atom. The van der Waals surface area contributed by atoms with Crippen LogP contribution in [0.5, 0.6) is 5.75 Å². The van der Waals surface area contributed by atoms with E-state index in [1.807, 2.05) is 36.4 Å². The first-order valence-corrected chi connectivity index (χ1v) is 8.22. The molecular weight excluding hydrogens is 350 g/mol. The number of hydrogen-bond acceptors (Lipinski definition) is 4. The number of carbonyl (C=O) groups excluding carboxylic acids is 1. The van der Waals surface area contributed by atoms with Gasteiger partial charge in [-0.15, -0.1) is 12.4 Å². The van der Waals surface area contributed by atoms with Crippen molar-refractivity contribution in [1.29, 1.82) is 0 Å². The van der Waals surface area contributed by atoms with Gasteiger partial charge in [0.15, 0.2) is 0 Å². The lowest BCUT2D eigenvalue weighted by atomic mass is 10.1. The van der Waals surface area contributed by atoms with Crippen LogP contribution in [0.4, 0.5) is 11.4 Å². The Balaban J connectivity index is 0.00000243. The van der Waals surface area contributed by atoms with Crippen molar-refractivity contribution < 1.29 is 9.53 Å². The van der Waals surface area contributed by atoms with Crippen molar-refractivity contribution in [1.82, 2.24) is 10.3 Å². The van der Waals surface area contributed by atoms with Crippen LogP contribution >= 0.6 is 12.4 Å². The number of para-hydroxylation sites is 2. The third kappa shape index (κ3) is 3.58. The number of anilines is 2. The Kier molecular flexibility index (Phi) is 6.41. The van der Waals surface area contributed by atoms with Crippen molar-refractivity contribution in [3.63, 3.8) is 0 Å². The second kappa shape index (κ2) is 8.54. The van der Waals surface area contributed by atoms with Gasteiger partial charge in [0.2, 0.25) is 0 Å². The lowest BCUT2D eigenvalue weighted by Gasteiger charge is -2.17. The standard InChI is InChI=1S/C20H21N3O2.ClH/c1-4-13-8-5-6-10-16(13)23-18-14-9-7-11-17(25-3)19(14)22-12-15(18)20(24)21-2;/h5-12H,4H2,1-3H3,(H,21,24)(H,22,23);1H. The highest BCUT2D eigenvalue weighted by Gasteiger charge is 2.17. The molecule has 0 aliphatic carbocycles. The van der Waals surface area contributed by atoms with Gasteiger partial charge >= 0.3 is 0 Å². The van der Waals surface area contributed by atoms with E-state index >= 15 is 0 Å². The molecule has 2 aromatic carbocycles. The van der Waals surface area contributed by atoms with Gasteiger partial charge in [-0.25, -0.2) is 0 Å². The van der Waals surface area contributed by atoms with Gasteiger partial charge in [0.25, 0.3) is 5.91 Å². The van der Waals surface area contributed by atoms with E-state index in [0.29, 0.717) is 16.8 Å². The summed E-state index contributed by atoms with van der Waals surface area (Å²) in [6.45, 7) is 2.11. The molecule has 1 amide bonds. The number of benzene rings is 2. The van der Waals surface area contributed by atoms with E-state index < -0.39 is 0 Å². The molecule has 0 unspecified atom stereocenters. The van der Waals surface area contributed by atoms with E-state index in [9.17, 15) is 4.79 Å². The molecule has 136 valence electrons. The zero-order chi connectivity index (χ0) is 17.8. The van der Waals surface area contributed by atoms with Gasteiger partial charge in [0.05, 0.1) is 18.4 Å². The molecule has 0 atom stereocenters. The number of methoxy groups -OCH3 is 1. The van der Waals surface area contributed by atoms with E-state index in [1.54, 1.807) is 20.4 Å². The van der Waals surface area contributed by atoms with Crippen molar-refractivity contribution in [2.24, 2.45) is 0 Å². The summed E-state index contributed by atoms with van der Waals surface area (Å²) in [5.74, 6) is 0.487. The number of rotatable bonds is 5. The summed E-state index contributed by atoms with van der Waals surface area (Å²) in [7, 11) is 3.23. The summed E-state index contributed by atoms with van der Waals surface area (Å²) in [6.07, 6.45) is 2.48.